The Morgan fingerprint density at radius 3 is 2.88 bits per heavy atom. The SMILES string of the molecule is C#CCOc1ccc(CCNC(=NCC2CCCO2)NCC)cc1. The molecule has 1 fully saturated rings. The number of nitrogens with one attached hydrogen (secondary N) is 2. The zero-order valence-electron chi connectivity index (χ0n) is 14.4. The third-order valence-corrected chi connectivity index (χ3v) is 3.77. The molecule has 2 N–H and O–H groups in total. The van der Waals surface area contributed by atoms with Gasteiger partial charge in [0.25, 0.3) is 0 Å². The van der Waals surface area contributed by atoms with Gasteiger partial charge in [-0.25, -0.2) is 0 Å². The Balaban J connectivity index is 1.75. The lowest BCUT2D eigenvalue weighted by Gasteiger charge is -2.13. The van der Waals surface area contributed by atoms with E-state index in [9.17, 15) is 0 Å². The van der Waals surface area contributed by atoms with Gasteiger partial charge in [-0.2, -0.15) is 0 Å². The second-order valence-corrected chi connectivity index (χ2v) is 5.67. The van der Waals surface area contributed by atoms with Gasteiger partial charge in [-0.3, -0.25) is 4.99 Å². The first kappa shape index (κ1) is 18.2. The number of hydrogen-bond donors (Lipinski definition) is 2. The number of terminal acetylenes is 1. The van der Waals surface area contributed by atoms with Crippen molar-refractivity contribution in [3.63, 3.8) is 0 Å². The van der Waals surface area contributed by atoms with Crippen molar-refractivity contribution in [2.75, 3.05) is 32.8 Å². The maximum Gasteiger partial charge on any atom is 0.191 e. The number of benzene rings is 1. The number of hydrogen-bond acceptors (Lipinski definition) is 3. The molecule has 0 spiro atoms. The molecule has 1 saturated heterocycles. The Bertz CT molecular complexity index is 543. The predicted octanol–water partition coefficient (Wildman–Crippen LogP) is 1.98. The van der Waals surface area contributed by atoms with Gasteiger partial charge in [-0.05, 0) is 43.9 Å². The average Bonchev–Trinajstić information content (AvgIpc) is 3.12. The maximum absolute atomic E-state index is 5.61. The van der Waals surface area contributed by atoms with Crippen LogP contribution in [0.1, 0.15) is 25.3 Å². The molecule has 1 aliphatic rings. The fraction of sp³-hybridized carbons (Fsp3) is 0.526. The van der Waals surface area contributed by atoms with Gasteiger partial charge in [0, 0.05) is 19.7 Å². The van der Waals surface area contributed by atoms with Crippen LogP contribution in [0.25, 0.3) is 0 Å². The molecule has 0 bridgehead atoms. The Morgan fingerprint density at radius 1 is 1.38 bits per heavy atom. The molecule has 0 aliphatic carbocycles. The second kappa shape index (κ2) is 10.6. The van der Waals surface area contributed by atoms with Gasteiger partial charge >= 0.3 is 0 Å². The minimum Gasteiger partial charge on any atom is -0.481 e. The van der Waals surface area contributed by atoms with E-state index < -0.39 is 0 Å². The van der Waals surface area contributed by atoms with Crippen molar-refractivity contribution in [2.24, 2.45) is 4.99 Å². The van der Waals surface area contributed by atoms with E-state index in [2.05, 4.69) is 40.6 Å². The largest absolute Gasteiger partial charge is 0.481 e. The Kier molecular flexibility index (Phi) is 7.99. The fourth-order valence-corrected chi connectivity index (χ4v) is 2.53. The molecule has 0 aromatic heterocycles. The minimum absolute atomic E-state index is 0.274. The molecule has 5 heteroatoms. The third-order valence-electron chi connectivity index (χ3n) is 3.77. The summed E-state index contributed by atoms with van der Waals surface area (Å²) >= 11 is 0. The number of ether oxygens (including phenoxy) is 2. The van der Waals surface area contributed by atoms with Gasteiger partial charge in [-0.15, -0.1) is 6.42 Å². The number of guanidine groups is 1. The van der Waals surface area contributed by atoms with Crippen LogP contribution in [0.5, 0.6) is 5.75 Å². The standard InChI is InChI=1S/C19H27N3O2/c1-3-13-23-17-9-7-16(8-10-17)11-12-21-19(20-4-2)22-15-18-6-5-14-24-18/h1,7-10,18H,4-6,11-15H2,2H3,(H2,20,21,22). The minimum atomic E-state index is 0.274. The van der Waals surface area contributed by atoms with Crippen molar-refractivity contribution in [3.05, 3.63) is 29.8 Å². The summed E-state index contributed by atoms with van der Waals surface area (Å²) in [6, 6.07) is 8.01. The number of aliphatic imine (C=N–C) groups is 1. The summed E-state index contributed by atoms with van der Waals surface area (Å²) in [6.45, 7) is 5.62. The lowest BCUT2D eigenvalue weighted by molar-refractivity contribution is 0.117. The van der Waals surface area contributed by atoms with Crippen molar-refractivity contribution in [1.82, 2.24) is 10.6 Å². The molecule has 1 aromatic rings. The number of rotatable bonds is 8. The van der Waals surface area contributed by atoms with Gasteiger partial charge in [0.2, 0.25) is 0 Å². The Hall–Kier alpha value is -2.19. The van der Waals surface area contributed by atoms with E-state index in [-0.39, 0.29) is 6.10 Å². The highest BCUT2D eigenvalue weighted by atomic mass is 16.5. The van der Waals surface area contributed by atoms with Crippen molar-refractivity contribution in [1.29, 1.82) is 0 Å². The predicted molar refractivity (Wildman–Crippen MR) is 97.4 cm³/mol. The summed E-state index contributed by atoms with van der Waals surface area (Å²) in [6.07, 6.45) is 8.62. The third kappa shape index (κ3) is 6.51. The highest BCUT2D eigenvalue weighted by Crippen LogP contribution is 2.13. The van der Waals surface area contributed by atoms with Crippen LogP contribution in [0.2, 0.25) is 0 Å². The second-order valence-electron chi connectivity index (χ2n) is 5.67. The van der Waals surface area contributed by atoms with Crippen LogP contribution in [-0.4, -0.2) is 44.9 Å². The summed E-state index contributed by atoms with van der Waals surface area (Å²) in [4.78, 5) is 4.61. The summed E-state index contributed by atoms with van der Waals surface area (Å²) in [5.74, 6) is 4.11. The zero-order valence-corrected chi connectivity index (χ0v) is 14.4. The summed E-state index contributed by atoms with van der Waals surface area (Å²) in [5, 5.41) is 6.64. The van der Waals surface area contributed by atoms with Crippen molar-refractivity contribution in [3.8, 4) is 18.1 Å². The molecule has 2 rings (SSSR count). The fourth-order valence-electron chi connectivity index (χ4n) is 2.53. The van der Waals surface area contributed by atoms with E-state index in [1.54, 1.807) is 0 Å². The molecule has 0 amide bonds. The van der Waals surface area contributed by atoms with Gasteiger partial charge in [-0.1, -0.05) is 18.1 Å². The molecule has 0 radical (unpaired) electrons. The van der Waals surface area contributed by atoms with Crippen LogP contribution in [0.3, 0.4) is 0 Å². The molecule has 0 saturated carbocycles. The monoisotopic (exact) mass is 329 g/mol. The Morgan fingerprint density at radius 2 is 2.21 bits per heavy atom. The molecule has 1 unspecified atom stereocenters. The summed E-state index contributed by atoms with van der Waals surface area (Å²) in [5.41, 5.74) is 1.24. The van der Waals surface area contributed by atoms with E-state index in [0.29, 0.717) is 6.61 Å². The first-order chi connectivity index (χ1) is 11.8. The normalized spacial score (nSPS) is 17.3. The van der Waals surface area contributed by atoms with Crippen LogP contribution in [0.4, 0.5) is 0 Å². The lowest BCUT2D eigenvalue weighted by atomic mass is 10.1. The van der Waals surface area contributed by atoms with E-state index in [1.807, 2.05) is 12.1 Å². The van der Waals surface area contributed by atoms with E-state index in [4.69, 9.17) is 15.9 Å². The first-order valence-corrected chi connectivity index (χ1v) is 8.60. The van der Waals surface area contributed by atoms with Crippen molar-refractivity contribution < 1.29 is 9.47 Å². The summed E-state index contributed by atoms with van der Waals surface area (Å²) in [7, 11) is 0. The van der Waals surface area contributed by atoms with Crippen molar-refractivity contribution >= 4 is 5.96 Å². The van der Waals surface area contributed by atoms with Gasteiger partial charge in [0.1, 0.15) is 12.4 Å². The van der Waals surface area contributed by atoms with Crippen LogP contribution in [0, 0.1) is 12.3 Å². The number of nitrogens with zero attached hydrogens (tertiary/aromatic N) is 1. The van der Waals surface area contributed by atoms with Gasteiger partial charge < -0.3 is 20.1 Å². The van der Waals surface area contributed by atoms with E-state index in [1.165, 1.54) is 5.56 Å². The van der Waals surface area contributed by atoms with Crippen LogP contribution >= 0.6 is 0 Å². The maximum atomic E-state index is 5.61. The van der Waals surface area contributed by atoms with Gasteiger partial charge in [0.15, 0.2) is 5.96 Å². The first-order valence-electron chi connectivity index (χ1n) is 8.60. The molecule has 1 aliphatic heterocycles. The smallest absolute Gasteiger partial charge is 0.191 e. The highest BCUT2D eigenvalue weighted by molar-refractivity contribution is 5.79. The van der Waals surface area contributed by atoms with Gasteiger partial charge in [0.05, 0.1) is 12.6 Å². The molecular weight excluding hydrogens is 302 g/mol. The van der Waals surface area contributed by atoms with Crippen LogP contribution in [-0.2, 0) is 11.2 Å². The van der Waals surface area contributed by atoms with E-state index >= 15 is 0 Å². The quantitative estimate of drug-likeness (QED) is 0.435. The molecule has 24 heavy (non-hydrogen) atoms. The average molecular weight is 329 g/mol. The molecule has 1 atom stereocenters. The molecule has 1 heterocycles. The van der Waals surface area contributed by atoms with Crippen LogP contribution in [0.15, 0.2) is 29.3 Å². The Labute approximate surface area is 144 Å². The lowest BCUT2D eigenvalue weighted by Crippen LogP contribution is -2.38. The molecule has 5 nitrogen and oxygen atoms in total. The zero-order chi connectivity index (χ0) is 17.0. The topological polar surface area (TPSA) is 54.9 Å². The molecular formula is C19H27N3O2. The van der Waals surface area contributed by atoms with E-state index in [0.717, 1.165) is 57.2 Å². The molecule has 1 aromatic carbocycles. The molecule has 130 valence electrons. The van der Waals surface area contributed by atoms with Crippen LogP contribution < -0.4 is 15.4 Å². The summed E-state index contributed by atoms with van der Waals surface area (Å²) < 4.78 is 11.0. The van der Waals surface area contributed by atoms with Crippen molar-refractivity contribution in [2.45, 2.75) is 32.3 Å². The highest BCUT2D eigenvalue weighted by Gasteiger charge is 2.14.